The zero-order valence-electron chi connectivity index (χ0n) is 10.5. The molecule has 0 bridgehead atoms. The molecule has 16 heavy (non-hydrogen) atoms. The highest BCUT2D eigenvalue weighted by molar-refractivity contribution is 4.66. The number of hydrogen-bond donors (Lipinski definition) is 1. The van der Waals surface area contributed by atoms with Crippen LogP contribution in [0.4, 0.5) is 0 Å². The topological polar surface area (TPSA) is 33.7 Å². The van der Waals surface area contributed by atoms with E-state index in [4.69, 9.17) is 9.47 Å². The number of methoxy groups -OCH3 is 1. The van der Waals surface area contributed by atoms with Crippen LogP contribution in [0.15, 0.2) is 0 Å². The number of rotatable bonds is 10. The Hall–Kier alpha value is -0.160. The predicted octanol–water partition coefficient (Wildman–Crippen LogP) is 0.725. The smallest absolute Gasteiger partial charge is 0.0590 e. The van der Waals surface area contributed by atoms with E-state index < -0.39 is 0 Å². The molecule has 4 nitrogen and oxygen atoms in total. The van der Waals surface area contributed by atoms with Crippen LogP contribution in [0.2, 0.25) is 0 Å². The molecule has 0 saturated carbocycles. The normalized spacial score (nSPS) is 17.1. The van der Waals surface area contributed by atoms with Crippen LogP contribution in [0, 0.1) is 0 Å². The molecular weight excluding hydrogens is 204 g/mol. The SMILES string of the molecule is COCCCOCCNCCN1CCCC1. The van der Waals surface area contributed by atoms with E-state index in [1.165, 1.54) is 32.5 Å². The van der Waals surface area contributed by atoms with Gasteiger partial charge in [-0.15, -0.1) is 0 Å². The first kappa shape index (κ1) is 13.9. The van der Waals surface area contributed by atoms with Crippen LogP contribution in [0.25, 0.3) is 0 Å². The lowest BCUT2D eigenvalue weighted by atomic mass is 10.4. The molecule has 0 aliphatic carbocycles. The molecule has 1 heterocycles. The summed E-state index contributed by atoms with van der Waals surface area (Å²) in [6.07, 6.45) is 3.75. The molecule has 0 aromatic carbocycles. The number of likely N-dealkylation sites (tertiary alicyclic amines) is 1. The van der Waals surface area contributed by atoms with Gasteiger partial charge in [0.15, 0.2) is 0 Å². The summed E-state index contributed by atoms with van der Waals surface area (Å²) in [4.78, 5) is 2.52. The van der Waals surface area contributed by atoms with Crippen LogP contribution in [-0.2, 0) is 9.47 Å². The number of nitrogens with one attached hydrogen (secondary N) is 1. The molecule has 1 aliphatic rings. The minimum Gasteiger partial charge on any atom is -0.385 e. The molecule has 1 aliphatic heterocycles. The summed E-state index contributed by atoms with van der Waals surface area (Å²) in [5.41, 5.74) is 0. The zero-order valence-corrected chi connectivity index (χ0v) is 10.5. The molecule has 0 unspecified atom stereocenters. The summed E-state index contributed by atoms with van der Waals surface area (Å²) in [5, 5.41) is 3.41. The van der Waals surface area contributed by atoms with Gasteiger partial charge in [0.2, 0.25) is 0 Å². The monoisotopic (exact) mass is 230 g/mol. The second-order valence-corrected chi connectivity index (χ2v) is 4.26. The van der Waals surface area contributed by atoms with Crippen molar-refractivity contribution in [3.05, 3.63) is 0 Å². The third-order valence-corrected chi connectivity index (χ3v) is 2.86. The quantitative estimate of drug-likeness (QED) is 0.561. The van der Waals surface area contributed by atoms with Gasteiger partial charge in [-0.25, -0.2) is 0 Å². The lowest BCUT2D eigenvalue weighted by molar-refractivity contribution is 0.104. The maximum Gasteiger partial charge on any atom is 0.0590 e. The van der Waals surface area contributed by atoms with Crippen molar-refractivity contribution in [1.82, 2.24) is 10.2 Å². The first-order valence-corrected chi connectivity index (χ1v) is 6.43. The Morgan fingerprint density at radius 3 is 2.62 bits per heavy atom. The van der Waals surface area contributed by atoms with Gasteiger partial charge in [0.25, 0.3) is 0 Å². The molecule has 0 radical (unpaired) electrons. The first-order chi connectivity index (χ1) is 7.93. The molecule has 0 spiro atoms. The summed E-state index contributed by atoms with van der Waals surface area (Å²) >= 11 is 0. The van der Waals surface area contributed by atoms with E-state index in [2.05, 4.69) is 10.2 Å². The maximum atomic E-state index is 5.45. The second kappa shape index (κ2) is 10.0. The third kappa shape index (κ3) is 7.17. The van der Waals surface area contributed by atoms with Crippen LogP contribution in [0.3, 0.4) is 0 Å². The van der Waals surface area contributed by atoms with Crippen LogP contribution in [-0.4, -0.2) is 64.6 Å². The van der Waals surface area contributed by atoms with Crippen LogP contribution in [0.5, 0.6) is 0 Å². The molecule has 0 atom stereocenters. The van der Waals surface area contributed by atoms with E-state index >= 15 is 0 Å². The highest BCUT2D eigenvalue weighted by Gasteiger charge is 2.09. The molecule has 0 aromatic rings. The summed E-state index contributed by atoms with van der Waals surface area (Å²) in [6.45, 7) is 8.21. The molecule has 4 heteroatoms. The van der Waals surface area contributed by atoms with Crippen molar-refractivity contribution < 1.29 is 9.47 Å². The van der Waals surface area contributed by atoms with Gasteiger partial charge < -0.3 is 19.7 Å². The van der Waals surface area contributed by atoms with E-state index in [-0.39, 0.29) is 0 Å². The van der Waals surface area contributed by atoms with Crippen molar-refractivity contribution in [3.63, 3.8) is 0 Å². The van der Waals surface area contributed by atoms with Gasteiger partial charge in [0.05, 0.1) is 6.61 Å². The van der Waals surface area contributed by atoms with Crippen LogP contribution in [0.1, 0.15) is 19.3 Å². The highest BCUT2D eigenvalue weighted by atomic mass is 16.5. The van der Waals surface area contributed by atoms with Gasteiger partial charge >= 0.3 is 0 Å². The zero-order chi connectivity index (χ0) is 11.5. The van der Waals surface area contributed by atoms with E-state index in [0.29, 0.717) is 0 Å². The van der Waals surface area contributed by atoms with Gasteiger partial charge in [-0.05, 0) is 32.4 Å². The summed E-state index contributed by atoms with van der Waals surface area (Å²) in [7, 11) is 1.72. The third-order valence-electron chi connectivity index (χ3n) is 2.86. The Morgan fingerprint density at radius 1 is 1.06 bits per heavy atom. The van der Waals surface area contributed by atoms with Crippen LogP contribution < -0.4 is 5.32 Å². The molecule has 96 valence electrons. The Labute approximate surface area is 99.3 Å². The van der Waals surface area contributed by atoms with Crippen molar-refractivity contribution in [1.29, 1.82) is 0 Å². The minimum atomic E-state index is 0.794. The summed E-state index contributed by atoms with van der Waals surface area (Å²) in [6, 6.07) is 0. The van der Waals surface area contributed by atoms with E-state index in [9.17, 15) is 0 Å². The van der Waals surface area contributed by atoms with Crippen molar-refractivity contribution in [3.8, 4) is 0 Å². The van der Waals surface area contributed by atoms with Gasteiger partial charge in [-0.2, -0.15) is 0 Å². The van der Waals surface area contributed by atoms with Gasteiger partial charge in [0.1, 0.15) is 0 Å². The molecule has 0 amide bonds. The predicted molar refractivity (Wildman–Crippen MR) is 65.9 cm³/mol. The highest BCUT2D eigenvalue weighted by Crippen LogP contribution is 2.05. The fourth-order valence-corrected chi connectivity index (χ4v) is 1.92. The fourth-order valence-electron chi connectivity index (χ4n) is 1.92. The molecule has 0 aromatic heterocycles. The van der Waals surface area contributed by atoms with Gasteiger partial charge in [0, 0.05) is 40.0 Å². The molecule has 1 rings (SSSR count). The Balaban J connectivity index is 1.71. The van der Waals surface area contributed by atoms with E-state index in [0.717, 1.165) is 39.3 Å². The Morgan fingerprint density at radius 2 is 1.88 bits per heavy atom. The standard InChI is InChI=1S/C12H26N2O2/c1-15-10-4-11-16-12-6-13-5-9-14-7-2-3-8-14/h13H,2-12H2,1H3. The fraction of sp³-hybridized carbons (Fsp3) is 1.00. The summed E-state index contributed by atoms with van der Waals surface area (Å²) in [5.74, 6) is 0. The van der Waals surface area contributed by atoms with Gasteiger partial charge in [-0.1, -0.05) is 0 Å². The largest absolute Gasteiger partial charge is 0.385 e. The molecule has 1 N–H and O–H groups in total. The maximum absolute atomic E-state index is 5.45. The van der Waals surface area contributed by atoms with Crippen molar-refractivity contribution >= 4 is 0 Å². The lowest BCUT2D eigenvalue weighted by Crippen LogP contribution is -2.31. The number of nitrogens with zero attached hydrogens (tertiary/aromatic N) is 1. The average molecular weight is 230 g/mol. The molecular formula is C12H26N2O2. The van der Waals surface area contributed by atoms with Crippen molar-refractivity contribution in [2.45, 2.75) is 19.3 Å². The second-order valence-electron chi connectivity index (χ2n) is 4.26. The molecule has 1 saturated heterocycles. The van der Waals surface area contributed by atoms with Crippen molar-refractivity contribution in [2.75, 3.05) is 59.7 Å². The van der Waals surface area contributed by atoms with E-state index in [1.807, 2.05) is 0 Å². The van der Waals surface area contributed by atoms with Gasteiger partial charge in [-0.3, -0.25) is 0 Å². The molecule has 1 fully saturated rings. The average Bonchev–Trinajstić information content (AvgIpc) is 2.80. The first-order valence-electron chi connectivity index (χ1n) is 6.43. The minimum absolute atomic E-state index is 0.794. The Kier molecular flexibility index (Phi) is 8.71. The van der Waals surface area contributed by atoms with E-state index in [1.54, 1.807) is 7.11 Å². The number of hydrogen-bond acceptors (Lipinski definition) is 4. The summed E-state index contributed by atoms with van der Waals surface area (Å²) < 4.78 is 10.4. The van der Waals surface area contributed by atoms with Crippen molar-refractivity contribution in [2.24, 2.45) is 0 Å². The number of ether oxygens (including phenoxy) is 2. The van der Waals surface area contributed by atoms with Crippen LogP contribution >= 0.6 is 0 Å². The lowest BCUT2D eigenvalue weighted by Gasteiger charge is -2.14. The Bertz CT molecular complexity index is 150.